The van der Waals surface area contributed by atoms with Crippen molar-refractivity contribution in [2.45, 2.75) is 59.0 Å². The van der Waals surface area contributed by atoms with Gasteiger partial charge in [-0.3, -0.25) is 9.59 Å². The average molecular weight is 214 g/mol. The van der Waals surface area contributed by atoms with Crippen molar-refractivity contribution >= 4 is 11.8 Å². The van der Waals surface area contributed by atoms with Crippen LogP contribution in [0.25, 0.3) is 0 Å². The molecule has 2 N–H and O–H groups in total. The predicted octanol–water partition coefficient (Wildman–Crippen LogP) is 1.21. The first-order valence-electron chi connectivity index (χ1n) is 5.12. The van der Waals surface area contributed by atoms with E-state index in [0.29, 0.717) is 0 Å². The van der Waals surface area contributed by atoms with Crippen molar-refractivity contribution < 1.29 is 9.59 Å². The Balaban J connectivity index is 4.04. The summed E-state index contributed by atoms with van der Waals surface area (Å²) >= 11 is 0. The van der Waals surface area contributed by atoms with Crippen LogP contribution in [0.1, 0.15) is 48.0 Å². The van der Waals surface area contributed by atoms with Gasteiger partial charge in [0.15, 0.2) is 0 Å². The van der Waals surface area contributed by atoms with E-state index in [4.69, 9.17) is 0 Å². The van der Waals surface area contributed by atoms with Crippen LogP contribution in [0, 0.1) is 0 Å². The molecule has 0 aromatic rings. The van der Waals surface area contributed by atoms with Crippen molar-refractivity contribution in [3.63, 3.8) is 0 Å². The van der Waals surface area contributed by atoms with Gasteiger partial charge in [0.2, 0.25) is 11.8 Å². The van der Waals surface area contributed by atoms with Crippen LogP contribution in [0.3, 0.4) is 0 Å². The molecule has 0 aromatic carbocycles. The summed E-state index contributed by atoms with van der Waals surface area (Å²) < 4.78 is 0. The monoisotopic (exact) mass is 214 g/mol. The molecule has 0 aliphatic carbocycles. The number of hydrogen-bond acceptors (Lipinski definition) is 2. The molecule has 4 heteroatoms. The molecule has 4 nitrogen and oxygen atoms in total. The minimum Gasteiger partial charge on any atom is -0.351 e. The number of rotatable bonds is 2. The Morgan fingerprint density at radius 2 is 1.07 bits per heavy atom. The molecule has 0 fully saturated rings. The first kappa shape index (κ1) is 13.9. The Morgan fingerprint density at radius 1 is 0.800 bits per heavy atom. The van der Waals surface area contributed by atoms with E-state index in [1.54, 1.807) is 0 Å². The summed E-state index contributed by atoms with van der Waals surface area (Å²) in [5, 5.41) is 5.47. The van der Waals surface area contributed by atoms with Crippen LogP contribution in [0.2, 0.25) is 0 Å². The number of nitrogens with one attached hydrogen (secondary N) is 2. The molecule has 0 saturated carbocycles. The van der Waals surface area contributed by atoms with E-state index < -0.39 is 0 Å². The topological polar surface area (TPSA) is 58.2 Å². The van der Waals surface area contributed by atoms with Gasteiger partial charge in [0.05, 0.1) is 0 Å². The van der Waals surface area contributed by atoms with Crippen molar-refractivity contribution in [2.75, 3.05) is 0 Å². The summed E-state index contributed by atoms with van der Waals surface area (Å²) in [7, 11) is 0. The fourth-order valence-electron chi connectivity index (χ4n) is 1.07. The van der Waals surface area contributed by atoms with E-state index in [2.05, 4.69) is 10.6 Å². The van der Waals surface area contributed by atoms with Gasteiger partial charge in [0.1, 0.15) is 6.42 Å². The third-order valence-corrected chi connectivity index (χ3v) is 1.35. The zero-order chi connectivity index (χ0) is 12.3. The molecule has 0 spiro atoms. The maximum absolute atomic E-state index is 11.4. The molecule has 88 valence electrons. The lowest BCUT2D eigenvalue weighted by Crippen LogP contribution is -2.46. The Kier molecular flexibility index (Phi) is 4.31. The molecule has 15 heavy (non-hydrogen) atoms. The number of carbonyl (C=O) groups is 2. The number of carbonyl (C=O) groups excluding carboxylic acids is 2. The van der Waals surface area contributed by atoms with E-state index in [1.165, 1.54) is 0 Å². The highest BCUT2D eigenvalue weighted by molar-refractivity contribution is 5.97. The summed E-state index contributed by atoms with van der Waals surface area (Å²) in [5.74, 6) is -0.492. The molecule has 0 atom stereocenters. The van der Waals surface area contributed by atoms with E-state index in [-0.39, 0.29) is 29.3 Å². The average Bonchev–Trinajstić information content (AvgIpc) is 1.73. The fourth-order valence-corrected chi connectivity index (χ4v) is 1.07. The Hall–Kier alpha value is -1.06. The van der Waals surface area contributed by atoms with Gasteiger partial charge in [0, 0.05) is 11.1 Å². The Bertz CT molecular complexity index is 220. The molecular weight excluding hydrogens is 192 g/mol. The summed E-state index contributed by atoms with van der Waals surface area (Å²) in [6, 6.07) is 0. The van der Waals surface area contributed by atoms with Crippen molar-refractivity contribution in [1.29, 1.82) is 0 Å². The molecule has 0 heterocycles. The molecule has 0 bridgehead atoms. The quantitative estimate of drug-likeness (QED) is 0.679. The van der Waals surface area contributed by atoms with Gasteiger partial charge in [-0.05, 0) is 41.5 Å². The lowest BCUT2D eigenvalue weighted by atomic mass is 10.1. The highest BCUT2D eigenvalue weighted by atomic mass is 16.2. The van der Waals surface area contributed by atoms with E-state index in [1.807, 2.05) is 41.5 Å². The first-order valence-corrected chi connectivity index (χ1v) is 5.12. The van der Waals surface area contributed by atoms with Crippen LogP contribution in [0.4, 0.5) is 0 Å². The molecule has 0 radical (unpaired) electrons. The smallest absolute Gasteiger partial charge is 0.229 e. The lowest BCUT2D eigenvalue weighted by molar-refractivity contribution is -0.130. The van der Waals surface area contributed by atoms with Gasteiger partial charge in [-0.25, -0.2) is 0 Å². The molecule has 2 amide bonds. The fraction of sp³-hybridized carbons (Fsp3) is 0.818. The van der Waals surface area contributed by atoms with Crippen molar-refractivity contribution in [3.8, 4) is 0 Å². The summed E-state index contributed by atoms with van der Waals surface area (Å²) in [5.41, 5.74) is -0.585. The van der Waals surface area contributed by atoms with Crippen LogP contribution < -0.4 is 10.6 Å². The molecule has 0 saturated heterocycles. The third-order valence-electron chi connectivity index (χ3n) is 1.35. The zero-order valence-corrected chi connectivity index (χ0v) is 10.5. The minimum absolute atomic E-state index is 0.117. The van der Waals surface area contributed by atoms with E-state index >= 15 is 0 Å². The van der Waals surface area contributed by atoms with E-state index in [0.717, 1.165) is 0 Å². The Labute approximate surface area is 91.8 Å². The second kappa shape index (κ2) is 4.64. The van der Waals surface area contributed by atoms with Crippen LogP contribution in [0.5, 0.6) is 0 Å². The van der Waals surface area contributed by atoms with Crippen molar-refractivity contribution in [2.24, 2.45) is 0 Å². The summed E-state index contributed by atoms with van der Waals surface area (Å²) in [4.78, 5) is 22.8. The minimum atomic E-state index is -0.293. The molecule has 0 unspecified atom stereocenters. The van der Waals surface area contributed by atoms with Gasteiger partial charge in [-0.1, -0.05) is 0 Å². The highest BCUT2D eigenvalue weighted by Gasteiger charge is 2.19. The van der Waals surface area contributed by atoms with Crippen LogP contribution in [-0.2, 0) is 9.59 Å². The van der Waals surface area contributed by atoms with Crippen LogP contribution in [0.15, 0.2) is 0 Å². The number of amides is 2. The zero-order valence-electron chi connectivity index (χ0n) is 10.5. The van der Waals surface area contributed by atoms with Gasteiger partial charge in [0.25, 0.3) is 0 Å². The maximum Gasteiger partial charge on any atom is 0.229 e. The molecule has 0 aliphatic rings. The van der Waals surface area contributed by atoms with Crippen molar-refractivity contribution in [3.05, 3.63) is 0 Å². The predicted molar refractivity (Wildman–Crippen MR) is 60.4 cm³/mol. The van der Waals surface area contributed by atoms with Gasteiger partial charge >= 0.3 is 0 Å². The second-order valence-corrected chi connectivity index (χ2v) is 5.77. The van der Waals surface area contributed by atoms with E-state index in [9.17, 15) is 9.59 Å². The first-order chi connectivity index (χ1) is 6.49. The SMILES string of the molecule is CC(C)(C)NC(=O)CC(=O)NC(C)(C)C. The van der Waals surface area contributed by atoms with Gasteiger partial charge < -0.3 is 10.6 Å². The Morgan fingerprint density at radius 3 is 1.27 bits per heavy atom. The summed E-state index contributed by atoms with van der Waals surface area (Å²) in [6.45, 7) is 11.3. The normalized spacial score (nSPS) is 12.1. The number of hydrogen-bond donors (Lipinski definition) is 2. The van der Waals surface area contributed by atoms with Crippen molar-refractivity contribution in [1.82, 2.24) is 10.6 Å². The molecule has 0 aliphatic heterocycles. The third kappa shape index (κ3) is 9.25. The largest absolute Gasteiger partial charge is 0.351 e. The maximum atomic E-state index is 11.4. The molecule has 0 aromatic heterocycles. The van der Waals surface area contributed by atoms with Gasteiger partial charge in [-0.2, -0.15) is 0 Å². The molecular formula is C11H22N2O2. The van der Waals surface area contributed by atoms with Crippen LogP contribution >= 0.6 is 0 Å². The second-order valence-electron chi connectivity index (χ2n) is 5.77. The van der Waals surface area contributed by atoms with Crippen LogP contribution in [-0.4, -0.2) is 22.9 Å². The highest BCUT2D eigenvalue weighted by Crippen LogP contribution is 2.01. The molecule has 0 rings (SSSR count). The van der Waals surface area contributed by atoms with Gasteiger partial charge in [-0.15, -0.1) is 0 Å². The standard InChI is InChI=1S/C11H22N2O2/c1-10(2,3)12-8(14)7-9(15)13-11(4,5)6/h7H2,1-6H3,(H,12,14)(H,13,15). The summed E-state index contributed by atoms with van der Waals surface area (Å²) in [6.07, 6.45) is -0.117. The lowest BCUT2D eigenvalue weighted by Gasteiger charge is -2.22.